The molecule has 0 atom stereocenters. The third-order valence-electron chi connectivity index (χ3n) is 1.20. The van der Waals surface area contributed by atoms with E-state index >= 15 is 0 Å². The molecule has 1 rings (SSSR count). The molecular weight excluding hydrogens is 192 g/mol. The van der Waals surface area contributed by atoms with Crippen molar-refractivity contribution in [3.05, 3.63) is 54.1 Å². The van der Waals surface area contributed by atoms with Gasteiger partial charge in [0, 0.05) is 5.88 Å². The van der Waals surface area contributed by atoms with Gasteiger partial charge >= 0.3 is 0 Å². The maximum Gasteiger partial charge on any atom is 0.0407 e. The zero-order valence-corrected chi connectivity index (χ0v) is 9.59. The Balaban J connectivity index is 0.000000364. The molecule has 0 nitrogen and oxygen atoms in total. The van der Waals surface area contributed by atoms with Gasteiger partial charge in [-0.2, -0.15) is 0 Å². The van der Waals surface area contributed by atoms with Gasteiger partial charge in [0.1, 0.15) is 0 Å². The molecule has 0 bridgehead atoms. The van der Waals surface area contributed by atoms with Crippen molar-refractivity contribution >= 4 is 17.7 Å². The van der Waals surface area contributed by atoms with Crippen LogP contribution in [0, 0.1) is 0 Å². The summed E-state index contributed by atoms with van der Waals surface area (Å²) in [5, 5.41) is 0. The van der Waals surface area contributed by atoms with E-state index in [0.29, 0.717) is 5.88 Å². The molecule has 14 heavy (non-hydrogen) atoms. The minimum Gasteiger partial charge on any atom is -0.122 e. The van der Waals surface area contributed by atoms with E-state index in [2.05, 4.69) is 6.58 Å². The van der Waals surface area contributed by atoms with Crippen LogP contribution in [-0.2, 0) is 0 Å². The maximum atomic E-state index is 5.46. The minimum absolute atomic E-state index is 0.578. The van der Waals surface area contributed by atoms with E-state index in [1.807, 2.05) is 56.3 Å². The Morgan fingerprint density at radius 3 is 2.21 bits per heavy atom. The Labute approximate surface area is 91.9 Å². The molecule has 0 amide bonds. The van der Waals surface area contributed by atoms with Gasteiger partial charge in [0.2, 0.25) is 0 Å². The van der Waals surface area contributed by atoms with Crippen molar-refractivity contribution in [3.63, 3.8) is 0 Å². The molecule has 0 aliphatic carbocycles. The van der Waals surface area contributed by atoms with E-state index in [1.165, 1.54) is 11.1 Å². The van der Waals surface area contributed by atoms with Crippen LogP contribution in [0.4, 0.5) is 0 Å². The highest BCUT2D eigenvalue weighted by Gasteiger charge is 1.79. The van der Waals surface area contributed by atoms with Gasteiger partial charge in [-0.3, -0.25) is 0 Å². The van der Waals surface area contributed by atoms with Gasteiger partial charge in [-0.05, 0) is 19.4 Å². The van der Waals surface area contributed by atoms with Gasteiger partial charge in [0.05, 0.1) is 0 Å². The van der Waals surface area contributed by atoms with Crippen molar-refractivity contribution in [2.45, 2.75) is 13.8 Å². The van der Waals surface area contributed by atoms with E-state index in [4.69, 9.17) is 11.6 Å². The summed E-state index contributed by atoms with van der Waals surface area (Å²) in [4.78, 5) is 0. The van der Waals surface area contributed by atoms with Crippen LogP contribution >= 0.6 is 11.6 Å². The fraction of sp³-hybridized carbons (Fsp3) is 0.231. The summed E-state index contributed by atoms with van der Waals surface area (Å²) in [6, 6.07) is 10.1. The molecule has 0 N–H and O–H groups in total. The number of hydrogen-bond acceptors (Lipinski definition) is 0. The number of allylic oxidation sites excluding steroid dienone is 2. The first-order chi connectivity index (χ1) is 6.66. The maximum absolute atomic E-state index is 5.46. The molecule has 1 aromatic carbocycles. The fourth-order valence-electron chi connectivity index (χ4n) is 0.745. The zero-order chi connectivity index (χ0) is 10.8. The van der Waals surface area contributed by atoms with Crippen LogP contribution in [0.5, 0.6) is 0 Å². The minimum atomic E-state index is 0.578. The van der Waals surface area contributed by atoms with Crippen LogP contribution in [0.15, 0.2) is 48.6 Å². The van der Waals surface area contributed by atoms with Crippen molar-refractivity contribution in [2.75, 3.05) is 5.88 Å². The first-order valence-electron chi connectivity index (χ1n) is 4.56. The molecule has 0 fully saturated rings. The summed E-state index contributed by atoms with van der Waals surface area (Å²) >= 11 is 5.46. The highest BCUT2D eigenvalue weighted by molar-refractivity contribution is 6.19. The second-order valence-corrected chi connectivity index (χ2v) is 3.48. The van der Waals surface area contributed by atoms with Gasteiger partial charge in [-0.15, -0.1) is 18.2 Å². The van der Waals surface area contributed by atoms with Crippen LogP contribution in [0.1, 0.15) is 19.4 Å². The monoisotopic (exact) mass is 208 g/mol. The van der Waals surface area contributed by atoms with E-state index in [9.17, 15) is 0 Å². The number of hydrogen-bond donors (Lipinski definition) is 0. The highest BCUT2D eigenvalue weighted by Crippen LogP contribution is 2.00. The van der Waals surface area contributed by atoms with E-state index in [-0.39, 0.29) is 0 Å². The Bertz CT molecular complexity index is 269. The van der Waals surface area contributed by atoms with Crippen LogP contribution in [0.3, 0.4) is 0 Å². The molecule has 1 heteroatoms. The molecule has 0 saturated carbocycles. The first-order valence-corrected chi connectivity index (χ1v) is 5.10. The van der Waals surface area contributed by atoms with Crippen LogP contribution in [0.25, 0.3) is 6.08 Å². The van der Waals surface area contributed by atoms with E-state index in [0.717, 1.165) is 0 Å². The number of rotatable bonds is 2. The van der Waals surface area contributed by atoms with Gasteiger partial charge in [-0.1, -0.05) is 48.1 Å². The topological polar surface area (TPSA) is 0 Å². The van der Waals surface area contributed by atoms with Gasteiger partial charge < -0.3 is 0 Å². The predicted octanol–water partition coefficient (Wildman–Crippen LogP) is 4.52. The average molecular weight is 209 g/mol. The number of halogens is 1. The molecule has 0 saturated heterocycles. The molecule has 1 aromatic rings. The average Bonchev–Trinajstić information content (AvgIpc) is 2.15. The van der Waals surface area contributed by atoms with Crippen LogP contribution in [-0.4, -0.2) is 5.88 Å². The van der Waals surface area contributed by atoms with Crippen LogP contribution < -0.4 is 0 Å². The lowest BCUT2D eigenvalue weighted by molar-refractivity contribution is 1.42. The van der Waals surface area contributed by atoms with Gasteiger partial charge in [0.25, 0.3) is 0 Å². The summed E-state index contributed by atoms with van der Waals surface area (Å²) in [5.41, 5.74) is 2.36. The molecular formula is C13H17Cl. The Kier molecular flexibility index (Phi) is 7.96. The van der Waals surface area contributed by atoms with Crippen molar-refractivity contribution in [1.82, 2.24) is 0 Å². The van der Waals surface area contributed by atoms with E-state index < -0.39 is 0 Å². The second-order valence-electron chi connectivity index (χ2n) is 3.17. The largest absolute Gasteiger partial charge is 0.122 e. The predicted molar refractivity (Wildman–Crippen MR) is 66.7 cm³/mol. The molecule has 0 unspecified atom stereocenters. The Morgan fingerprint density at radius 2 is 1.79 bits per heavy atom. The van der Waals surface area contributed by atoms with Crippen molar-refractivity contribution in [2.24, 2.45) is 0 Å². The Morgan fingerprint density at radius 1 is 1.29 bits per heavy atom. The summed E-state index contributed by atoms with van der Waals surface area (Å²) in [6.07, 6.45) is 3.93. The van der Waals surface area contributed by atoms with Crippen molar-refractivity contribution < 1.29 is 0 Å². The fourth-order valence-corrected chi connectivity index (χ4v) is 0.834. The molecule has 0 radical (unpaired) electrons. The lowest BCUT2D eigenvalue weighted by atomic mass is 10.2. The molecule has 0 aromatic heterocycles. The normalized spacial score (nSPS) is 9.36. The van der Waals surface area contributed by atoms with Gasteiger partial charge in [-0.25, -0.2) is 0 Å². The lowest BCUT2D eigenvalue weighted by Crippen LogP contribution is -1.67. The summed E-state index contributed by atoms with van der Waals surface area (Å²) in [6.45, 7) is 7.50. The number of benzene rings is 1. The quantitative estimate of drug-likeness (QED) is 0.495. The SMILES string of the molecule is C=C(C)C.ClCC=Cc1ccccc1. The smallest absolute Gasteiger partial charge is 0.0407 e. The lowest BCUT2D eigenvalue weighted by Gasteiger charge is -1.87. The first kappa shape index (κ1) is 13.0. The summed E-state index contributed by atoms with van der Waals surface area (Å²) in [5.74, 6) is 0.578. The van der Waals surface area contributed by atoms with Crippen molar-refractivity contribution in [3.8, 4) is 0 Å². The van der Waals surface area contributed by atoms with Crippen LogP contribution in [0.2, 0.25) is 0 Å². The molecule has 0 spiro atoms. The van der Waals surface area contributed by atoms with E-state index in [1.54, 1.807) is 0 Å². The highest BCUT2D eigenvalue weighted by atomic mass is 35.5. The summed E-state index contributed by atoms with van der Waals surface area (Å²) < 4.78 is 0. The molecule has 0 heterocycles. The number of alkyl halides is 1. The Hall–Kier alpha value is -1.01. The molecule has 0 aliphatic rings. The third-order valence-corrected chi connectivity index (χ3v) is 1.38. The standard InChI is InChI=1S/C9H9Cl.C4H8/c10-8-4-7-9-5-2-1-3-6-9;1-4(2)3/h1-7H,8H2;1H2,2-3H3. The third kappa shape index (κ3) is 9.08. The van der Waals surface area contributed by atoms with Gasteiger partial charge in [0.15, 0.2) is 0 Å². The second kappa shape index (κ2) is 8.58. The molecule has 76 valence electrons. The molecule has 0 aliphatic heterocycles. The van der Waals surface area contributed by atoms with Crippen molar-refractivity contribution in [1.29, 1.82) is 0 Å². The zero-order valence-electron chi connectivity index (χ0n) is 8.83. The summed E-state index contributed by atoms with van der Waals surface area (Å²) in [7, 11) is 0.